The highest BCUT2D eigenvalue weighted by atomic mass is 32.2. The van der Waals surface area contributed by atoms with Gasteiger partial charge in [-0.05, 0) is 42.5 Å². The summed E-state index contributed by atoms with van der Waals surface area (Å²) in [7, 11) is 0. The quantitative estimate of drug-likeness (QED) is 0.584. The molecule has 1 heterocycles. The van der Waals surface area contributed by atoms with E-state index in [2.05, 4.69) is 15.2 Å². The van der Waals surface area contributed by atoms with Crippen LogP contribution in [0.3, 0.4) is 0 Å². The Morgan fingerprint density at radius 3 is 2.58 bits per heavy atom. The Labute approximate surface area is 113 Å². The summed E-state index contributed by atoms with van der Waals surface area (Å²) in [5, 5.41) is 25.2. The number of hydrogen-bond acceptors (Lipinski definition) is 5. The molecule has 0 saturated heterocycles. The molecule has 0 bridgehead atoms. The van der Waals surface area contributed by atoms with Gasteiger partial charge in [0.25, 0.3) is 0 Å². The highest BCUT2D eigenvalue weighted by molar-refractivity contribution is 8.04. The second-order valence-electron chi connectivity index (χ2n) is 3.71. The predicted octanol–water partition coefficient (Wildman–Crippen LogP) is 2.04. The number of hydrogen-bond donors (Lipinski definition) is 3. The number of carbonyl (C=O) groups is 1. The lowest BCUT2D eigenvalue weighted by molar-refractivity contribution is -0.131. The van der Waals surface area contributed by atoms with Crippen molar-refractivity contribution in [3.05, 3.63) is 40.6 Å². The summed E-state index contributed by atoms with van der Waals surface area (Å²) >= 11 is 0.962. The topological polar surface area (TPSA) is 99.1 Å². The average molecular weight is 277 g/mol. The number of rotatable bonds is 4. The fraction of sp³-hybridized carbons (Fsp3) is 0.0833. The Hall–Kier alpha value is -2.28. The molecule has 0 amide bonds. The van der Waals surface area contributed by atoms with Crippen LogP contribution >= 0.6 is 11.8 Å². The third-order valence-corrected chi connectivity index (χ3v) is 3.06. The zero-order valence-corrected chi connectivity index (χ0v) is 10.8. The van der Waals surface area contributed by atoms with Gasteiger partial charge in [0, 0.05) is 0 Å². The number of nitrogens with one attached hydrogen (secondary N) is 1. The zero-order valence-electron chi connectivity index (χ0n) is 9.99. The Morgan fingerprint density at radius 2 is 2.05 bits per heavy atom. The van der Waals surface area contributed by atoms with E-state index in [0.717, 1.165) is 11.8 Å². The van der Waals surface area contributed by atoms with E-state index in [1.807, 2.05) is 0 Å². The summed E-state index contributed by atoms with van der Waals surface area (Å²) in [6, 6.07) is 6.24. The minimum atomic E-state index is -1.06. The molecule has 7 heteroatoms. The van der Waals surface area contributed by atoms with E-state index in [9.17, 15) is 9.90 Å². The lowest BCUT2D eigenvalue weighted by Crippen LogP contribution is -1.97. The smallest absolute Gasteiger partial charge is 0.342 e. The summed E-state index contributed by atoms with van der Waals surface area (Å²) in [4.78, 5) is 15.3. The first-order valence-electron chi connectivity index (χ1n) is 5.35. The molecule has 0 saturated carbocycles. The van der Waals surface area contributed by atoms with Crippen LogP contribution in [0.1, 0.15) is 11.4 Å². The normalized spacial score (nSPS) is 11.5. The molecule has 1 aromatic carbocycles. The molecular weight excluding hydrogens is 266 g/mol. The van der Waals surface area contributed by atoms with Gasteiger partial charge in [-0.1, -0.05) is 12.1 Å². The Balaban J connectivity index is 2.24. The SMILES string of the molecule is Cc1nc(S/C(=C\c2ccc(O)cc2)C(=O)O)n[nH]1. The van der Waals surface area contributed by atoms with Crippen molar-refractivity contribution in [2.24, 2.45) is 0 Å². The number of aryl methyl sites for hydroxylation is 1. The van der Waals surface area contributed by atoms with Crippen molar-refractivity contribution >= 4 is 23.8 Å². The van der Waals surface area contributed by atoms with Crippen LogP contribution in [-0.4, -0.2) is 31.4 Å². The van der Waals surface area contributed by atoms with E-state index in [-0.39, 0.29) is 10.7 Å². The van der Waals surface area contributed by atoms with Crippen molar-refractivity contribution in [3.63, 3.8) is 0 Å². The first kappa shape index (κ1) is 13.2. The molecule has 0 unspecified atom stereocenters. The molecule has 0 atom stereocenters. The second kappa shape index (κ2) is 5.57. The van der Waals surface area contributed by atoms with Crippen molar-refractivity contribution in [1.82, 2.24) is 15.2 Å². The molecule has 1 aromatic heterocycles. The minimum Gasteiger partial charge on any atom is -0.508 e. The number of aromatic nitrogens is 3. The third-order valence-electron chi connectivity index (χ3n) is 2.18. The summed E-state index contributed by atoms with van der Waals surface area (Å²) in [5.41, 5.74) is 0.676. The number of aromatic hydroxyl groups is 1. The van der Waals surface area contributed by atoms with Crippen molar-refractivity contribution in [3.8, 4) is 5.75 Å². The maximum absolute atomic E-state index is 11.2. The fourth-order valence-electron chi connectivity index (χ4n) is 1.32. The Morgan fingerprint density at radius 1 is 1.37 bits per heavy atom. The highest BCUT2D eigenvalue weighted by Crippen LogP contribution is 2.26. The van der Waals surface area contributed by atoms with E-state index >= 15 is 0 Å². The van der Waals surface area contributed by atoms with Crippen LogP contribution in [0.25, 0.3) is 6.08 Å². The lowest BCUT2D eigenvalue weighted by atomic mass is 10.2. The predicted molar refractivity (Wildman–Crippen MR) is 70.7 cm³/mol. The van der Waals surface area contributed by atoms with Gasteiger partial charge in [0.2, 0.25) is 5.16 Å². The molecule has 0 aliphatic heterocycles. The molecule has 19 heavy (non-hydrogen) atoms. The number of thioether (sulfide) groups is 1. The molecule has 0 aliphatic carbocycles. The van der Waals surface area contributed by atoms with Gasteiger partial charge in [-0.3, -0.25) is 5.10 Å². The molecule has 0 radical (unpaired) electrons. The number of phenolic OH excluding ortho intramolecular Hbond substituents is 1. The van der Waals surface area contributed by atoms with E-state index in [1.165, 1.54) is 18.2 Å². The number of carboxylic acids is 1. The largest absolute Gasteiger partial charge is 0.508 e. The first-order valence-corrected chi connectivity index (χ1v) is 6.17. The molecular formula is C12H11N3O3S. The molecule has 3 N–H and O–H groups in total. The maximum Gasteiger partial charge on any atom is 0.342 e. The number of nitrogens with zero attached hydrogens (tertiary/aromatic N) is 2. The first-order chi connectivity index (χ1) is 9.04. The van der Waals surface area contributed by atoms with Gasteiger partial charge >= 0.3 is 5.97 Å². The monoisotopic (exact) mass is 277 g/mol. The zero-order chi connectivity index (χ0) is 13.8. The maximum atomic E-state index is 11.2. The van der Waals surface area contributed by atoms with Crippen LogP contribution in [-0.2, 0) is 4.79 Å². The molecule has 0 fully saturated rings. The van der Waals surface area contributed by atoms with Gasteiger partial charge in [0.15, 0.2) is 0 Å². The van der Waals surface area contributed by atoms with Gasteiger partial charge in [-0.25, -0.2) is 9.78 Å². The van der Waals surface area contributed by atoms with Crippen molar-refractivity contribution in [2.75, 3.05) is 0 Å². The van der Waals surface area contributed by atoms with Gasteiger partial charge < -0.3 is 10.2 Å². The molecule has 0 aliphatic rings. The van der Waals surface area contributed by atoms with E-state index < -0.39 is 5.97 Å². The van der Waals surface area contributed by atoms with E-state index in [0.29, 0.717) is 16.5 Å². The van der Waals surface area contributed by atoms with Gasteiger partial charge in [0.05, 0.1) is 0 Å². The van der Waals surface area contributed by atoms with Gasteiger partial charge in [-0.2, -0.15) is 0 Å². The Kier molecular flexibility index (Phi) is 3.86. The van der Waals surface area contributed by atoms with Crippen LogP contribution in [0.5, 0.6) is 5.75 Å². The van der Waals surface area contributed by atoms with Crippen molar-refractivity contribution in [1.29, 1.82) is 0 Å². The lowest BCUT2D eigenvalue weighted by Gasteiger charge is -1.99. The Bertz CT molecular complexity index is 619. The number of aromatic amines is 1. The third kappa shape index (κ3) is 3.59. The van der Waals surface area contributed by atoms with Crippen LogP contribution in [0.2, 0.25) is 0 Å². The molecule has 2 aromatic rings. The number of carboxylic acid groups (broad SMARTS) is 1. The minimum absolute atomic E-state index is 0.102. The van der Waals surface area contributed by atoms with Crippen LogP contribution < -0.4 is 0 Å². The van der Waals surface area contributed by atoms with E-state index in [4.69, 9.17) is 5.11 Å². The van der Waals surface area contributed by atoms with E-state index in [1.54, 1.807) is 19.1 Å². The highest BCUT2D eigenvalue weighted by Gasteiger charge is 2.12. The number of aliphatic carboxylic acids is 1. The van der Waals surface area contributed by atoms with Crippen molar-refractivity contribution < 1.29 is 15.0 Å². The molecule has 0 spiro atoms. The molecule has 6 nitrogen and oxygen atoms in total. The summed E-state index contributed by atoms with van der Waals surface area (Å²) in [6.45, 7) is 1.74. The van der Waals surface area contributed by atoms with Gasteiger partial charge in [-0.15, -0.1) is 5.10 Å². The second-order valence-corrected chi connectivity index (χ2v) is 4.72. The molecule has 2 rings (SSSR count). The molecule has 98 valence electrons. The number of phenols is 1. The fourth-order valence-corrected chi connectivity index (χ4v) is 2.08. The summed E-state index contributed by atoms with van der Waals surface area (Å²) in [5.74, 6) is -0.302. The van der Waals surface area contributed by atoms with Gasteiger partial charge in [0.1, 0.15) is 16.5 Å². The standard InChI is InChI=1S/C12H11N3O3S/c1-7-13-12(15-14-7)19-10(11(17)18)6-8-2-4-9(16)5-3-8/h2-6,16H,1H3,(H,17,18)(H,13,14,15)/b10-6-. The van der Waals surface area contributed by atoms with Crippen LogP contribution in [0, 0.1) is 6.92 Å². The van der Waals surface area contributed by atoms with Crippen molar-refractivity contribution in [2.45, 2.75) is 12.1 Å². The summed E-state index contributed by atoms with van der Waals surface area (Å²) in [6.07, 6.45) is 1.50. The van der Waals surface area contributed by atoms with Crippen LogP contribution in [0.4, 0.5) is 0 Å². The average Bonchev–Trinajstić information content (AvgIpc) is 2.76. The number of benzene rings is 1. The summed E-state index contributed by atoms with van der Waals surface area (Å²) < 4.78 is 0. The number of H-pyrrole nitrogens is 1. The van der Waals surface area contributed by atoms with Crippen LogP contribution in [0.15, 0.2) is 34.3 Å².